The van der Waals surface area contributed by atoms with E-state index in [2.05, 4.69) is 45.9 Å². The Kier molecular flexibility index (Phi) is 7.35. The molecule has 11 heteroatoms. The molecule has 0 radical (unpaired) electrons. The second kappa shape index (κ2) is 10.5. The molecule has 0 aromatic carbocycles. The Morgan fingerprint density at radius 1 is 1.14 bits per heavy atom. The molecule has 1 atom stereocenters. The van der Waals surface area contributed by atoms with E-state index in [1.807, 2.05) is 30.2 Å². The first kappa shape index (κ1) is 25.8. The molecular weight excluding hydrogens is 496 g/mol. The first-order valence-corrected chi connectivity index (χ1v) is 13.9. The predicted octanol–water partition coefficient (Wildman–Crippen LogP) is 4.68. The quantitative estimate of drug-likeness (QED) is 0.432. The van der Waals surface area contributed by atoms with Crippen molar-refractivity contribution in [2.24, 2.45) is 5.92 Å². The highest BCUT2D eigenvalue weighted by atomic mass is 32.2. The van der Waals surface area contributed by atoms with E-state index in [-0.39, 0.29) is 24.8 Å². The van der Waals surface area contributed by atoms with E-state index in [0.717, 1.165) is 41.0 Å². The Balaban J connectivity index is 1.38. The lowest BCUT2D eigenvalue weighted by Crippen LogP contribution is -2.52. The number of piperidine rings is 1. The summed E-state index contributed by atoms with van der Waals surface area (Å²) < 4.78 is 28.1. The van der Waals surface area contributed by atoms with Crippen molar-refractivity contribution >= 4 is 45.9 Å². The van der Waals surface area contributed by atoms with Crippen LogP contribution in [0.2, 0.25) is 0 Å². The number of hydrogen-bond donors (Lipinski definition) is 2. The van der Waals surface area contributed by atoms with Crippen LogP contribution in [-0.4, -0.2) is 74.8 Å². The highest BCUT2D eigenvalue weighted by molar-refractivity contribution is 7.99. The molecule has 0 amide bonds. The van der Waals surface area contributed by atoms with Gasteiger partial charge >= 0.3 is 0 Å². The number of rotatable bonds is 8. The third-order valence-corrected chi connectivity index (χ3v) is 8.08. The maximum Gasteiger partial charge on any atom is 0.290 e. The average Bonchev–Trinajstić information content (AvgIpc) is 2.84. The van der Waals surface area contributed by atoms with Crippen LogP contribution in [0, 0.1) is 5.92 Å². The fourth-order valence-corrected chi connectivity index (χ4v) is 5.64. The summed E-state index contributed by atoms with van der Waals surface area (Å²) in [5, 5.41) is 14.9. The van der Waals surface area contributed by atoms with Crippen LogP contribution in [0.1, 0.15) is 38.7 Å². The number of pyridine rings is 2. The molecule has 8 nitrogen and oxygen atoms in total. The highest BCUT2D eigenvalue weighted by Gasteiger charge is 2.44. The van der Waals surface area contributed by atoms with Crippen molar-refractivity contribution in [1.82, 2.24) is 19.9 Å². The topological polar surface area (TPSA) is 90.3 Å². The van der Waals surface area contributed by atoms with E-state index < -0.39 is 18.6 Å². The lowest BCUT2D eigenvalue weighted by atomic mass is 9.97. The number of aliphatic hydroxyl groups is 1. The summed E-state index contributed by atoms with van der Waals surface area (Å²) in [6.45, 7) is 8.14. The Morgan fingerprint density at radius 3 is 2.68 bits per heavy atom. The second-order valence-electron chi connectivity index (χ2n) is 10.1. The highest BCUT2D eigenvalue weighted by Crippen LogP contribution is 2.36. The summed E-state index contributed by atoms with van der Waals surface area (Å²) >= 11 is 1.98. The number of anilines is 4. The van der Waals surface area contributed by atoms with Gasteiger partial charge in [-0.3, -0.25) is 0 Å². The Labute approximate surface area is 219 Å². The molecule has 2 aliphatic rings. The van der Waals surface area contributed by atoms with E-state index in [1.165, 1.54) is 16.8 Å². The monoisotopic (exact) mass is 529 g/mol. The van der Waals surface area contributed by atoms with Gasteiger partial charge < -0.3 is 20.2 Å². The molecule has 198 valence electrons. The smallest absolute Gasteiger partial charge is 0.290 e. The molecule has 2 N–H and O–H groups in total. The average molecular weight is 530 g/mol. The van der Waals surface area contributed by atoms with Gasteiger partial charge in [0.1, 0.15) is 23.6 Å². The molecule has 0 spiro atoms. The minimum absolute atomic E-state index is 0.0379. The Morgan fingerprint density at radius 2 is 1.95 bits per heavy atom. The van der Waals surface area contributed by atoms with E-state index in [9.17, 15) is 13.9 Å². The van der Waals surface area contributed by atoms with Gasteiger partial charge in [0.2, 0.25) is 5.95 Å². The summed E-state index contributed by atoms with van der Waals surface area (Å²) in [4.78, 5) is 21.8. The zero-order valence-corrected chi connectivity index (χ0v) is 22.2. The summed E-state index contributed by atoms with van der Waals surface area (Å²) in [6, 6.07) is 3.69. The minimum Gasteiger partial charge on any atom is -0.387 e. The van der Waals surface area contributed by atoms with Crippen molar-refractivity contribution in [3.05, 3.63) is 36.3 Å². The van der Waals surface area contributed by atoms with Crippen LogP contribution in [0.25, 0.3) is 10.8 Å². The zero-order valence-electron chi connectivity index (χ0n) is 21.4. The molecule has 1 unspecified atom stereocenters. The van der Waals surface area contributed by atoms with Gasteiger partial charge in [-0.15, -0.1) is 0 Å². The minimum atomic E-state index is -3.20. The third-order valence-electron chi connectivity index (χ3n) is 6.96. The number of hydrogen-bond acceptors (Lipinski definition) is 9. The van der Waals surface area contributed by atoms with Crippen LogP contribution in [0.3, 0.4) is 0 Å². The molecule has 3 aromatic heterocycles. The predicted molar refractivity (Wildman–Crippen MR) is 145 cm³/mol. The number of fused-ring (bicyclic) bond motifs is 1. The maximum absolute atomic E-state index is 14.0. The van der Waals surface area contributed by atoms with Gasteiger partial charge in [-0.1, -0.05) is 20.8 Å². The second-order valence-corrected chi connectivity index (χ2v) is 11.4. The molecule has 5 heterocycles. The summed E-state index contributed by atoms with van der Waals surface area (Å²) in [5.74, 6) is 2.33. The van der Waals surface area contributed by atoms with E-state index in [4.69, 9.17) is 4.98 Å². The zero-order chi connectivity index (χ0) is 26.2. The van der Waals surface area contributed by atoms with Gasteiger partial charge in [-0.25, -0.2) is 23.7 Å². The van der Waals surface area contributed by atoms with E-state index in [0.29, 0.717) is 17.6 Å². The number of thioether (sulfide) groups is 1. The molecule has 2 fully saturated rings. The molecule has 0 aliphatic carbocycles. The van der Waals surface area contributed by atoms with Crippen LogP contribution in [-0.2, 0) is 0 Å². The van der Waals surface area contributed by atoms with Crippen LogP contribution in [0.5, 0.6) is 0 Å². The van der Waals surface area contributed by atoms with Gasteiger partial charge in [0.05, 0.1) is 6.54 Å². The van der Waals surface area contributed by atoms with Crippen LogP contribution < -0.4 is 15.1 Å². The molecule has 37 heavy (non-hydrogen) atoms. The van der Waals surface area contributed by atoms with E-state index >= 15 is 0 Å². The third kappa shape index (κ3) is 5.43. The lowest BCUT2D eigenvalue weighted by Gasteiger charge is -2.40. The number of halogens is 2. The van der Waals surface area contributed by atoms with Gasteiger partial charge in [0.25, 0.3) is 5.92 Å². The SMILES string of the molecule is CCSCC1CN(c2ncc(C(C)C)c3cc(Nc4ccnc(N5CCC(O)C(F)(F)C5)n4)ncc23)C1. The number of alkyl halides is 2. The largest absolute Gasteiger partial charge is 0.387 e. The molecule has 2 saturated heterocycles. The van der Waals surface area contributed by atoms with Gasteiger partial charge in [0, 0.05) is 49.5 Å². The molecule has 0 bridgehead atoms. The first-order chi connectivity index (χ1) is 17.7. The number of aliphatic hydroxyl groups excluding tert-OH is 1. The lowest BCUT2D eigenvalue weighted by molar-refractivity contribution is -0.113. The first-order valence-electron chi connectivity index (χ1n) is 12.8. The van der Waals surface area contributed by atoms with Gasteiger partial charge in [-0.2, -0.15) is 16.7 Å². The maximum atomic E-state index is 14.0. The van der Waals surface area contributed by atoms with Crippen molar-refractivity contribution in [1.29, 1.82) is 0 Å². The fourth-order valence-electron chi connectivity index (χ4n) is 4.86. The molecule has 0 saturated carbocycles. The van der Waals surface area contributed by atoms with Crippen LogP contribution in [0.4, 0.5) is 32.2 Å². The van der Waals surface area contributed by atoms with Crippen molar-refractivity contribution in [2.75, 3.05) is 52.8 Å². The number of aromatic nitrogens is 4. The Bertz CT molecular complexity index is 1250. The standard InChI is InChI=1S/C26H33F2N7OS/c1-4-37-14-17-12-35(13-17)24-20-11-30-23(9-18(20)19(10-31-24)16(2)3)32-22-5-7-29-25(33-22)34-8-6-21(36)26(27,28)15-34/h5,7,9-11,16-17,21,36H,4,6,8,12-15H2,1-3H3,(H,29,30,32,33). The fraction of sp³-hybridized carbons (Fsp3) is 0.538. The van der Waals surface area contributed by atoms with Crippen molar-refractivity contribution in [3.8, 4) is 0 Å². The normalized spacial score (nSPS) is 19.9. The van der Waals surface area contributed by atoms with Crippen molar-refractivity contribution < 1.29 is 13.9 Å². The molecule has 5 rings (SSSR count). The molecule has 3 aromatic rings. The van der Waals surface area contributed by atoms with Crippen LogP contribution in [0.15, 0.2) is 30.7 Å². The van der Waals surface area contributed by atoms with Gasteiger partial charge in [-0.05, 0) is 46.9 Å². The van der Waals surface area contributed by atoms with Crippen molar-refractivity contribution in [3.63, 3.8) is 0 Å². The van der Waals surface area contributed by atoms with E-state index in [1.54, 1.807) is 6.07 Å². The summed E-state index contributed by atoms with van der Waals surface area (Å²) in [6.07, 6.45) is 3.68. The summed E-state index contributed by atoms with van der Waals surface area (Å²) in [7, 11) is 0. The molecular formula is C26H33F2N7OS. The number of nitrogens with zero attached hydrogens (tertiary/aromatic N) is 6. The van der Waals surface area contributed by atoms with Crippen LogP contribution >= 0.6 is 11.8 Å². The number of nitrogens with one attached hydrogen (secondary N) is 1. The summed E-state index contributed by atoms with van der Waals surface area (Å²) in [5.41, 5.74) is 1.14. The molecule has 2 aliphatic heterocycles. The van der Waals surface area contributed by atoms with Gasteiger partial charge in [0.15, 0.2) is 0 Å². The van der Waals surface area contributed by atoms with Crippen molar-refractivity contribution in [2.45, 2.75) is 45.1 Å². The Hall–Kier alpha value is -2.79.